The number of aromatic nitrogens is 1. The van der Waals surface area contributed by atoms with Gasteiger partial charge < -0.3 is 10.3 Å². The Morgan fingerprint density at radius 3 is 2.95 bits per heavy atom. The summed E-state index contributed by atoms with van der Waals surface area (Å²) in [7, 11) is 0. The van der Waals surface area contributed by atoms with Crippen LogP contribution in [-0.4, -0.2) is 10.9 Å². The number of aryl methyl sites for hydroxylation is 1. The number of anilines is 2. The molecule has 0 fully saturated rings. The van der Waals surface area contributed by atoms with Gasteiger partial charge in [-0.2, -0.15) is 0 Å². The molecule has 1 amide bonds. The second-order valence-corrected chi connectivity index (χ2v) is 5.16. The SMILES string of the molecule is NNc1cc(CN2C(=O)CCCc3ccccc32)ccn1. The van der Waals surface area contributed by atoms with E-state index >= 15 is 0 Å². The lowest BCUT2D eigenvalue weighted by Crippen LogP contribution is -2.29. The molecule has 2 heterocycles. The number of fused-ring (bicyclic) bond motifs is 1. The predicted molar refractivity (Wildman–Crippen MR) is 82.6 cm³/mol. The number of rotatable bonds is 3. The number of nitrogens with two attached hydrogens (primary N) is 1. The Balaban J connectivity index is 1.93. The van der Waals surface area contributed by atoms with Crippen molar-refractivity contribution in [3.8, 4) is 0 Å². The highest BCUT2D eigenvalue weighted by Gasteiger charge is 2.21. The fraction of sp³-hybridized carbons (Fsp3) is 0.250. The smallest absolute Gasteiger partial charge is 0.227 e. The minimum Gasteiger partial charge on any atom is -0.308 e. The lowest BCUT2D eigenvalue weighted by Gasteiger charge is -2.23. The number of hydrazine groups is 1. The van der Waals surface area contributed by atoms with Crippen LogP contribution in [-0.2, 0) is 17.8 Å². The Kier molecular flexibility index (Phi) is 3.83. The molecule has 5 heteroatoms. The third-order valence-electron chi connectivity index (χ3n) is 3.73. The van der Waals surface area contributed by atoms with E-state index in [4.69, 9.17) is 5.84 Å². The topological polar surface area (TPSA) is 71.2 Å². The van der Waals surface area contributed by atoms with Gasteiger partial charge in [-0.3, -0.25) is 4.79 Å². The number of benzene rings is 1. The largest absolute Gasteiger partial charge is 0.308 e. The van der Waals surface area contributed by atoms with Crippen molar-refractivity contribution in [2.75, 3.05) is 10.3 Å². The number of pyridine rings is 1. The first-order chi connectivity index (χ1) is 10.3. The molecule has 2 aromatic rings. The minimum absolute atomic E-state index is 0.166. The number of hydrogen-bond acceptors (Lipinski definition) is 4. The molecule has 1 aromatic heterocycles. The number of hydrogen-bond donors (Lipinski definition) is 2. The van der Waals surface area contributed by atoms with Crippen LogP contribution in [0.5, 0.6) is 0 Å². The molecule has 3 N–H and O–H groups in total. The average molecular weight is 282 g/mol. The van der Waals surface area contributed by atoms with Crippen LogP contribution in [0.3, 0.4) is 0 Å². The minimum atomic E-state index is 0.166. The molecular weight excluding hydrogens is 264 g/mol. The molecule has 0 unspecified atom stereocenters. The zero-order chi connectivity index (χ0) is 14.7. The highest BCUT2D eigenvalue weighted by Crippen LogP contribution is 2.28. The molecule has 0 aliphatic carbocycles. The van der Waals surface area contributed by atoms with Crippen molar-refractivity contribution < 1.29 is 4.79 Å². The maximum atomic E-state index is 12.4. The number of nitrogen functional groups attached to an aromatic ring is 1. The second kappa shape index (κ2) is 5.93. The summed E-state index contributed by atoms with van der Waals surface area (Å²) in [6, 6.07) is 11.9. The molecule has 0 bridgehead atoms. The van der Waals surface area contributed by atoms with Crippen LogP contribution in [0.4, 0.5) is 11.5 Å². The molecule has 0 saturated heterocycles. The summed E-state index contributed by atoms with van der Waals surface area (Å²) in [5.41, 5.74) is 5.78. The standard InChI is InChI=1S/C16H18N4O/c17-19-15-10-12(8-9-18-15)11-20-14-6-2-1-4-13(14)5-3-7-16(20)21/h1-2,4,6,8-10H,3,5,7,11,17H2,(H,18,19). The number of amides is 1. The lowest BCUT2D eigenvalue weighted by atomic mass is 10.1. The van der Waals surface area contributed by atoms with Crippen molar-refractivity contribution in [1.29, 1.82) is 0 Å². The number of para-hydroxylation sites is 1. The Morgan fingerprint density at radius 2 is 2.10 bits per heavy atom. The first-order valence-electron chi connectivity index (χ1n) is 7.08. The Hall–Kier alpha value is -2.40. The number of carbonyl (C=O) groups excluding carboxylic acids is 1. The van der Waals surface area contributed by atoms with Crippen LogP contribution in [0.2, 0.25) is 0 Å². The summed E-state index contributed by atoms with van der Waals surface area (Å²) in [4.78, 5) is 18.4. The summed E-state index contributed by atoms with van der Waals surface area (Å²) in [6.45, 7) is 0.535. The van der Waals surface area contributed by atoms with E-state index < -0.39 is 0 Å². The van der Waals surface area contributed by atoms with Gasteiger partial charge in [0.05, 0.1) is 6.54 Å². The van der Waals surface area contributed by atoms with Gasteiger partial charge in [0, 0.05) is 18.3 Å². The van der Waals surface area contributed by atoms with Gasteiger partial charge in [0.25, 0.3) is 0 Å². The van der Waals surface area contributed by atoms with Gasteiger partial charge in [-0.15, -0.1) is 0 Å². The zero-order valence-corrected chi connectivity index (χ0v) is 11.7. The highest BCUT2D eigenvalue weighted by molar-refractivity contribution is 5.94. The molecule has 3 rings (SSSR count). The zero-order valence-electron chi connectivity index (χ0n) is 11.7. The van der Waals surface area contributed by atoms with E-state index in [1.54, 1.807) is 6.20 Å². The molecule has 0 spiro atoms. The summed E-state index contributed by atoms with van der Waals surface area (Å²) in [6.07, 6.45) is 4.13. The summed E-state index contributed by atoms with van der Waals surface area (Å²) in [5, 5.41) is 0. The van der Waals surface area contributed by atoms with Crippen LogP contribution >= 0.6 is 0 Å². The van der Waals surface area contributed by atoms with Crippen molar-refractivity contribution in [3.05, 3.63) is 53.7 Å². The summed E-state index contributed by atoms with van der Waals surface area (Å²) < 4.78 is 0. The predicted octanol–water partition coefficient (Wildman–Crippen LogP) is 2.24. The third kappa shape index (κ3) is 2.87. The summed E-state index contributed by atoms with van der Waals surface area (Å²) in [5.74, 6) is 6.15. The Bertz CT molecular complexity index is 656. The van der Waals surface area contributed by atoms with Crippen LogP contribution in [0, 0.1) is 0 Å². The molecule has 0 atom stereocenters. The maximum absolute atomic E-state index is 12.4. The van der Waals surface area contributed by atoms with Gasteiger partial charge in [-0.1, -0.05) is 18.2 Å². The Labute approximate surface area is 123 Å². The number of carbonyl (C=O) groups is 1. The van der Waals surface area contributed by atoms with Gasteiger partial charge in [-0.25, -0.2) is 10.8 Å². The molecule has 1 aromatic carbocycles. The quantitative estimate of drug-likeness (QED) is 0.669. The molecule has 21 heavy (non-hydrogen) atoms. The average Bonchev–Trinajstić information content (AvgIpc) is 2.68. The molecular formula is C16H18N4O. The molecule has 0 saturated carbocycles. The van der Waals surface area contributed by atoms with E-state index in [9.17, 15) is 4.79 Å². The fourth-order valence-corrected chi connectivity index (χ4v) is 2.69. The van der Waals surface area contributed by atoms with Crippen LogP contribution in [0.15, 0.2) is 42.6 Å². The van der Waals surface area contributed by atoms with Crippen LogP contribution < -0.4 is 16.2 Å². The van der Waals surface area contributed by atoms with Gasteiger partial charge in [0.15, 0.2) is 0 Å². The molecule has 0 radical (unpaired) electrons. The second-order valence-electron chi connectivity index (χ2n) is 5.16. The maximum Gasteiger partial charge on any atom is 0.227 e. The van der Waals surface area contributed by atoms with E-state index in [1.165, 1.54) is 5.56 Å². The van der Waals surface area contributed by atoms with E-state index in [1.807, 2.05) is 35.2 Å². The number of nitrogens with one attached hydrogen (secondary N) is 1. The van der Waals surface area contributed by atoms with E-state index in [2.05, 4.69) is 16.5 Å². The Morgan fingerprint density at radius 1 is 1.24 bits per heavy atom. The van der Waals surface area contributed by atoms with Crippen LogP contribution in [0.1, 0.15) is 24.0 Å². The van der Waals surface area contributed by atoms with Gasteiger partial charge in [0.1, 0.15) is 5.82 Å². The van der Waals surface area contributed by atoms with E-state index in [0.717, 1.165) is 24.1 Å². The van der Waals surface area contributed by atoms with Crippen molar-refractivity contribution in [1.82, 2.24) is 4.98 Å². The molecule has 1 aliphatic heterocycles. The highest BCUT2D eigenvalue weighted by atomic mass is 16.2. The van der Waals surface area contributed by atoms with Gasteiger partial charge in [-0.05, 0) is 42.2 Å². The van der Waals surface area contributed by atoms with Gasteiger partial charge >= 0.3 is 0 Å². The lowest BCUT2D eigenvalue weighted by molar-refractivity contribution is -0.118. The first kappa shape index (κ1) is 13.6. The molecule has 1 aliphatic rings. The monoisotopic (exact) mass is 282 g/mol. The first-order valence-corrected chi connectivity index (χ1v) is 7.08. The van der Waals surface area contributed by atoms with Crippen molar-refractivity contribution in [2.45, 2.75) is 25.8 Å². The molecule has 108 valence electrons. The molecule has 5 nitrogen and oxygen atoms in total. The summed E-state index contributed by atoms with van der Waals surface area (Å²) >= 11 is 0. The van der Waals surface area contributed by atoms with E-state index in [-0.39, 0.29) is 5.91 Å². The van der Waals surface area contributed by atoms with Crippen molar-refractivity contribution in [2.24, 2.45) is 5.84 Å². The van der Waals surface area contributed by atoms with Crippen LogP contribution in [0.25, 0.3) is 0 Å². The normalized spacial score (nSPS) is 14.5. The number of nitrogens with zero attached hydrogens (tertiary/aromatic N) is 2. The third-order valence-corrected chi connectivity index (χ3v) is 3.73. The van der Waals surface area contributed by atoms with Crippen molar-refractivity contribution >= 4 is 17.4 Å². The van der Waals surface area contributed by atoms with Crippen molar-refractivity contribution in [3.63, 3.8) is 0 Å². The van der Waals surface area contributed by atoms with E-state index in [0.29, 0.717) is 18.8 Å². The van der Waals surface area contributed by atoms with Gasteiger partial charge in [0.2, 0.25) is 5.91 Å². The fourth-order valence-electron chi connectivity index (χ4n) is 2.69.